The Bertz CT molecular complexity index is 239. The van der Waals surface area contributed by atoms with E-state index in [1.807, 2.05) is 13.0 Å². The summed E-state index contributed by atoms with van der Waals surface area (Å²) in [7, 11) is 1.57. The first-order valence-corrected chi connectivity index (χ1v) is 3.57. The van der Waals surface area contributed by atoms with Crippen LogP contribution in [-0.4, -0.2) is 17.3 Å². The molecule has 0 amide bonds. The van der Waals surface area contributed by atoms with Crippen LogP contribution in [0.3, 0.4) is 0 Å². The first-order valence-electron chi connectivity index (χ1n) is 2.78. The third kappa shape index (κ3) is 1.44. The number of hydrogen-bond donors (Lipinski definition) is 0. The lowest BCUT2D eigenvalue weighted by molar-refractivity contribution is 0.391. The highest BCUT2D eigenvalue weighted by atomic mass is 79.9. The second-order valence-electron chi connectivity index (χ2n) is 1.86. The SMILES string of the molecule is COc1cc(C)c(Br)nn1. The minimum atomic E-state index is 0.542. The summed E-state index contributed by atoms with van der Waals surface area (Å²) in [5.41, 5.74) is 1.02. The van der Waals surface area contributed by atoms with E-state index in [0.717, 1.165) is 10.2 Å². The van der Waals surface area contributed by atoms with Crippen molar-refractivity contribution in [2.45, 2.75) is 6.92 Å². The number of ether oxygens (including phenoxy) is 1. The molecule has 0 N–H and O–H groups in total. The monoisotopic (exact) mass is 202 g/mol. The lowest BCUT2D eigenvalue weighted by Crippen LogP contribution is -1.92. The van der Waals surface area contributed by atoms with Crippen LogP contribution in [0.15, 0.2) is 10.7 Å². The maximum Gasteiger partial charge on any atom is 0.233 e. The average Bonchev–Trinajstić information content (AvgIpc) is 1.95. The third-order valence-electron chi connectivity index (χ3n) is 1.11. The molecule has 0 saturated heterocycles. The quantitative estimate of drug-likeness (QED) is 0.694. The van der Waals surface area contributed by atoms with Gasteiger partial charge in [-0.2, -0.15) is 0 Å². The maximum absolute atomic E-state index is 4.86. The Morgan fingerprint density at radius 2 is 2.20 bits per heavy atom. The number of hydrogen-bond acceptors (Lipinski definition) is 3. The molecular weight excluding hydrogens is 196 g/mol. The van der Waals surface area contributed by atoms with Gasteiger partial charge in [0.25, 0.3) is 0 Å². The molecule has 0 radical (unpaired) electrons. The van der Waals surface area contributed by atoms with Gasteiger partial charge in [-0.3, -0.25) is 0 Å². The van der Waals surface area contributed by atoms with Gasteiger partial charge in [0.15, 0.2) is 0 Å². The molecule has 0 spiro atoms. The van der Waals surface area contributed by atoms with Crippen molar-refractivity contribution < 1.29 is 4.74 Å². The lowest BCUT2D eigenvalue weighted by Gasteiger charge is -1.98. The van der Waals surface area contributed by atoms with Crippen molar-refractivity contribution in [3.8, 4) is 5.88 Å². The van der Waals surface area contributed by atoms with Gasteiger partial charge in [0.2, 0.25) is 5.88 Å². The standard InChI is InChI=1S/C6H7BrN2O/c1-4-3-5(10-2)8-9-6(4)7/h3H,1-2H3. The molecule has 0 aliphatic heterocycles. The van der Waals surface area contributed by atoms with Crippen molar-refractivity contribution in [1.82, 2.24) is 10.2 Å². The highest BCUT2D eigenvalue weighted by Gasteiger charge is 1.98. The van der Waals surface area contributed by atoms with E-state index >= 15 is 0 Å². The topological polar surface area (TPSA) is 35.0 Å². The van der Waals surface area contributed by atoms with Crippen LogP contribution in [-0.2, 0) is 0 Å². The summed E-state index contributed by atoms with van der Waals surface area (Å²) in [4.78, 5) is 0. The first-order chi connectivity index (χ1) is 4.74. The van der Waals surface area contributed by atoms with Crippen LogP contribution in [0.4, 0.5) is 0 Å². The van der Waals surface area contributed by atoms with Crippen molar-refractivity contribution >= 4 is 15.9 Å². The summed E-state index contributed by atoms with van der Waals surface area (Å²) < 4.78 is 5.61. The molecule has 4 heteroatoms. The van der Waals surface area contributed by atoms with Crippen LogP contribution in [0.1, 0.15) is 5.56 Å². The Balaban J connectivity index is 3.04. The number of aromatic nitrogens is 2. The van der Waals surface area contributed by atoms with E-state index in [1.54, 1.807) is 7.11 Å². The second-order valence-corrected chi connectivity index (χ2v) is 2.61. The van der Waals surface area contributed by atoms with Crippen molar-refractivity contribution in [3.63, 3.8) is 0 Å². The minimum absolute atomic E-state index is 0.542. The fourth-order valence-corrected chi connectivity index (χ4v) is 0.739. The molecule has 0 aliphatic carbocycles. The molecule has 1 aromatic rings. The molecule has 10 heavy (non-hydrogen) atoms. The summed E-state index contributed by atoms with van der Waals surface area (Å²) in [5.74, 6) is 0.542. The largest absolute Gasteiger partial charge is 0.480 e. The maximum atomic E-state index is 4.86. The average molecular weight is 203 g/mol. The Hall–Kier alpha value is -0.640. The molecule has 0 atom stereocenters. The summed E-state index contributed by atoms with van der Waals surface area (Å²) >= 11 is 3.23. The van der Waals surface area contributed by atoms with Crippen molar-refractivity contribution in [1.29, 1.82) is 0 Å². The van der Waals surface area contributed by atoms with Crippen LogP contribution < -0.4 is 4.74 Å². The summed E-state index contributed by atoms with van der Waals surface area (Å²) in [6.45, 7) is 1.93. The number of nitrogens with zero attached hydrogens (tertiary/aromatic N) is 2. The Morgan fingerprint density at radius 3 is 2.70 bits per heavy atom. The fraction of sp³-hybridized carbons (Fsp3) is 0.333. The van der Waals surface area contributed by atoms with Gasteiger partial charge in [0.1, 0.15) is 4.60 Å². The lowest BCUT2D eigenvalue weighted by atomic mass is 10.3. The molecule has 0 saturated carbocycles. The normalized spacial score (nSPS) is 9.50. The van der Waals surface area contributed by atoms with E-state index in [9.17, 15) is 0 Å². The number of methoxy groups -OCH3 is 1. The molecule has 54 valence electrons. The fourth-order valence-electron chi connectivity index (χ4n) is 0.545. The zero-order chi connectivity index (χ0) is 7.56. The van der Waals surface area contributed by atoms with Gasteiger partial charge in [-0.15, -0.1) is 10.2 Å². The molecule has 1 heterocycles. The predicted octanol–water partition coefficient (Wildman–Crippen LogP) is 1.56. The molecule has 0 aliphatic rings. The van der Waals surface area contributed by atoms with Crippen molar-refractivity contribution in [2.75, 3.05) is 7.11 Å². The van der Waals surface area contributed by atoms with Crippen molar-refractivity contribution in [2.24, 2.45) is 0 Å². The molecular formula is C6H7BrN2O. The van der Waals surface area contributed by atoms with Gasteiger partial charge < -0.3 is 4.74 Å². The van der Waals surface area contributed by atoms with Crippen LogP contribution in [0, 0.1) is 6.92 Å². The summed E-state index contributed by atoms with van der Waals surface area (Å²) in [6.07, 6.45) is 0. The number of aryl methyl sites for hydroxylation is 1. The smallest absolute Gasteiger partial charge is 0.233 e. The Labute approximate surface area is 67.6 Å². The molecule has 1 aromatic heterocycles. The summed E-state index contributed by atoms with van der Waals surface area (Å²) in [6, 6.07) is 1.82. The van der Waals surface area contributed by atoms with Crippen molar-refractivity contribution in [3.05, 3.63) is 16.2 Å². The highest BCUT2D eigenvalue weighted by Crippen LogP contribution is 2.14. The van der Waals surface area contributed by atoms with Gasteiger partial charge in [-0.25, -0.2) is 0 Å². The van der Waals surface area contributed by atoms with Crippen LogP contribution in [0.2, 0.25) is 0 Å². The Morgan fingerprint density at radius 1 is 1.50 bits per heavy atom. The van der Waals surface area contributed by atoms with Gasteiger partial charge >= 0.3 is 0 Å². The van der Waals surface area contributed by atoms with Crippen LogP contribution >= 0.6 is 15.9 Å². The molecule has 0 fully saturated rings. The van der Waals surface area contributed by atoms with Gasteiger partial charge in [0, 0.05) is 6.07 Å². The van der Waals surface area contributed by atoms with E-state index in [-0.39, 0.29) is 0 Å². The summed E-state index contributed by atoms with van der Waals surface area (Å²) in [5, 5.41) is 7.53. The van der Waals surface area contributed by atoms with E-state index in [2.05, 4.69) is 26.1 Å². The number of rotatable bonds is 1. The van der Waals surface area contributed by atoms with E-state index in [4.69, 9.17) is 4.74 Å². The second kappa shape index (κ2) is 2.96. The molecule has 1 rings (SSSR count). The Kier molecular flexibility index (Phi) is 2.21. The highest BCUT2D eigenvalue weighted by molar-refractivity contribution is 9.10. The minimum Gasteiger partial charge on any atom is -0.480 e. The van der Waals surface area contributed by atoms with Crippen LogP contribution in [0.25, 0.3) is 0 Å². The zero-order valence-electron chi connectivity index (χ0n) is 5.76. The van der Waals surface area contributed by atoms with E-state index in [1.165, 1.54) is 0 Å². The molecule has 0 unspecified atom stereocenters. The third-order valence-corrected chi connectivity index (χ3v) is 1.89. The first kappa shape index (κ1) is 7.47. The van der Waals surface area contributed by atoms with Crippen LogP contribution in [0.5, 0.6) is 5.88 Å². The zero-order valence-corrected chi connectivity index (χ0v) is 7.34. The molecule has 0 aromatic carbocycles. The van der Waals surface area contributed by atoms with E-state index < -0.39 is 0 Å². The van der Waals surface area contributed by atoms with Gasteiger partial charge in [-0.05, 0) is 28.4 Å². The van der Waals surface area contributed by atoms with E-state index in [0.29, 0.717) is 5.88 Å². The van der Waals surface area contributed by atoms with Gasteiger partial charge in [0.05, 0.1) is 7.11 Å². The molecule has 0 bridgehead atoms. The predicted molar refractivity (Wildman–Crippen MR) is 41.0 cm³/mol. The number of halogens is 1. The molecule has 3 nitrogen and oxygen atoms in total. The van der Waals surface area contributed by atoms with Gasteiger partial charge in [-0.1, -0.05) is 0 Å².